The van der Waals surface area contributed by atoms with Crippen molar-refractivity contribution in [3.8, 4) is 11.8 Å². The maximum Gasteiger partial charge on any atom is 0.0211 e. The molecule has 0 amide bonds. The molecule has 0 fully saturated rings. The Labute approximate surface area is 57.0 Å². The number of allylic oxidation sites excluding steroid dienone is 1. The van der Waals surface area contributed by atoms with E-state index in [4.69, 9.17) is 0 Å². The maximum atomic E-state index is 3.94. The first-order valence-electron chi connectivity index (χ1n) is 3.44. The Morgan fingerprint density at radius 3 is 3.22 bits per heavy atom. The van der Waals surface area contributed by atoms with Crippen molar-refractivity contribution in [3.63, 3.8) is 0 Å². The lowest BCUT2D eigenvalue weighted by Crippen LogP contribution is -1.89. The third kappa shape index (κ3) is 1.93. The second-order valence-corrected chi connectivity index (χ2v) is 2.68. The lowest BCUT2D eigenvalue weighted by molar-refractivity contribution is 0.729. The van der Waals surface area contributed by atoms with Gasteiger partial charge in [-0.1, -0.05) is 25.0 Å². The van der Waals surface area contributed by atoms with Crippen LogP contribution in [-0.2, 0) is 0 Å². The molecule has 0 heteroatoms. The van der Waals surface area contributed by atoms with Crippen LogP contribution in [0.4, 0.5) is 0 Å². The minimum absolute atomic E-state index is 0.542. The molecule has 1 aliphatic carbocycles. The number of hydrogen-bond acceptors (Lipinski definition) is 0. The highest BCUT2D eigenvalue weighted by molar-refractivity contribution is 5.13. The first-order valence-corrected chi connectivity index (χ1v) is 3.44. The molecule has 0 radical (unpaired) electrons. The van der Waals surface area contributed by atoms with Crippen LogP contribution in [0, 0.1) is 17.8 Å². The highest BCUT2D eigenvalue weighted by atomic mass is 14.1. The minimum Gasteiger partial charge on any atom is -0.103 e. The van der Waals surface area contributed by atoms with Crippen molar-refractivity contribution >= 4 is 0 Å². The summed E-state index contributed by atoms with van der Waals surface area (Å²) >= 11 is 0. The second-order valence-electron chi connectivity index (χ2n) is 2.68. The highest BCUT2D eigenvalue weighted by Gasteiger charge is 2.02. The van der Waals surface area contributed by atoms with E-state index in [1.165, 1.54) is 5.57 Å². The van der Waals surface area contributed by atoms with E-state index in [2.05, 4.69) is 25.3 Å². The third-order valence-corrected chi connectivity index (χ3v) is 1.55. The molecule has 1 rings (SSSR count). The molecular formula is C9H12. The molecule has 0 aromatic heterocycles. The maximum absolute atomic E-state index is 3.94. The monoisotopic (exact) mass is 120 g/mol. The molecule has 0 nitrogen and oxygen atoms in total. The largest absolute Gasteiger partial charge is 0.103 e. The van der Waals surface area contributed by atoms with Crippen LogP contribution in [0.1, 0.15) is 26.2 Å². The molecule has 0 aromatic carbocycles. The second kappa shape index (κ2) is 2.73. The quantitative estimate of drug-likeness (QED) is 0.340. The van der Waals surface area contributed by atoms with E-state index in [0.717, 1.165) is 19.3 Å². The standard InChI is InChI=1S/C9H12/c1-8-5-3-4-6-9(2)7-8/h9H,1,3,5,7H2,2H3. The number of hydrogen-bond donors (Lipinski definition) is 0. The molecule has 1 aliphatic rings. The Morgan fingerprint density at radius 1 is 1.67 bits per heavy atom. The third-order valence-electron chi connectivity index (χ3n) is 1.55. The summed E-state index contributed by atoms with van der Waals surface area (Å²) in [7, 11) is 0. The van der Waals surface area contributed by atoms with Crippen molar-refractivity contribution in [1.29, 1.82) is 0 Å². The topological polar surface area (TPSA) is 0 Å². The summed E-state index contributed by atoms with van der Waals surface area (Å²) in [5.74, 6) is 6.82. The van der Waals surface area contributed by atoms with Crippen LogP contribution in [0.3, 0.4) is 0 Å². The van der Waals surface area contributed by atoms with Crippen molar-refractivity contribution in [2.24, 2.45) is 5.92 Å². The first-order chi connectivity index (χ1) is 4.29. The van der Waals surface area contributed by atoms with Gasteiger partial charge < -0.3 is 0 Å². The van der Waals surface area contributed by atoms with Gasteiger partial charge >= 0.3 is 0 Å². The first kappa shape index (κ1) is 6.42. The molecule has 0 saturated heterocycles. The van der Waals surface area contributed by atoms with Gasteiger partial charge in [-0.3, -0.25) is 0 Å². The van der Waals surface area contributed by atoms with Gasteiger partial charge in [0.25, 0.3) is 0 Å². The Hall–Kier alpha value is -0.700. The zero-order valence-electron chi connectivity index (χ0n) is 5.91. The van der Waals surface area contributed by atoms with Crippen molar-refractivity contribution in [2.75, 3.05) is 0 Å². The number of rotatable bonds is 0. The van der Waals surface area contributed by atoms with Crippen LogP contribution in [0.15, 0.2) is 12.2 Å². The molecule has 1 unspecified atom stereocenters. The van der Waals surface area contributed by atoms with Crippen LogP contribution in [0.5, 0.6) is 0 Å². The van der Waals surface area contributed by atoms with E-state index in [1.54, 1.807) is 0 Å². The van der Waals surface area contributed by atoms with Crippen molar-refractivity contribution < 1.29 is 0 Å². The van der Waals surface area contributed by atoms with E-state index in [1.807, 2.05) is 0 Å². The van der Waals surface area contributed by atoms with Gasteiger partial charge in [0.15, 0.2) is 0 Å². The van der Waals surface area contributed by atoms with E-state index in [0.29, 0.717) is 5.92 Å². The lowest BCUT2D eigenvalue weighted by atomic mass is 10.0. The van der Waals surface area contributed by atoms with Crippen LogP contribution >= 0.6 is 0 Å². The average Bonchev–Trinajstić information content (AvgIpc) is 1.93. The smallest absolute Gasteiger partial charge is 0.0211 e. The summed E-state index contributed by atoms with van der Waals surface area (Å²) < 4.78 is 0. The molecule has 0 saturated carbocycles. The molecule has 0 heterocycles. The molecular weight excluding hydrogens is 108 g/mol. The van der Waals surface area contributed by atoms with Crippen LogP contribution in [0.25, 0.3) is 0 Å². The van der Waals surface area contributed by atoms with Gasteiger partial charge in [-0.05, 0) is 12.8 Å². The fourth-order valence-corrected chi connectivity index (χ4v) is 1.07. The fourth-order valence-electron chi connectivity index (χ4n) is 1.07. The van der Waals surface area contributed by atoms with Crippen LogP contribution in [0.2, 0.25) is 0 Å². The van der Waals surface area contributed by atoms with Gasteiger partial charge in [0, 0.05) is 12.3 Å². The van der Waals surface area contributed by atoms with Gasteiger partial charge in [0.1, 0.15) is 0 Å². The SMILES string of the molecule is C=C1CCC#CC(C)C1. The molecule has 0 spiro atoms. The normalized spacial score (nSPS) is 26.3. The summed E-state index contributed by atoms with van der Waals surface area (Å²) in [5, 5.41) is 0. The Kier molecular flexibility index (Phi) is 1.95. The van der Waals surface area contributed by atoms with Gasteiger partial charge in [-0.15, -0.1) is 5.92 Å². The molecule has 48 valence electrons. The Bertz CT molecular complexity index is 166. The fraction of sp³-hybridized carbons (Fsp3) is 0.556. The van der Waals surface area contributed by atoms with Crippen molar-refractivity contribution in [2.45, 2.75) is 26.2 Å². The van der Waals surface area contributed by atoms with E-state index < -0.39 is 0 Å². The van der Waals surface area contributed by atoms with Gasteiger partial charge in [-0.2, -0.15) is 0 Å². The van der Waals surface area contributed by atoms with Crippen LogP contribution < -0.4 is 0 Å². The predicted molar refractivity (Wildman–Crippen MR) is 39.9 cm³/mol. The van der Waals surface area contributed by atoms with Gasteiger partial charge in [0.2, 0.25) is 0 Å². The lowest BCUT2D eigenvalue weighted by Gasteiger charge is -2.01. The summed E-state index contributed by atoms with van der Waals surface area (Å²) in [4.78, 5) is 0. The molecule has 0 aliphatic heterocycles. The summed E-state index contributed by atoms with van der Waals surface area (Å²) in [6.45, 7) is 6.10. The zero-order valence-corrected chi connectivity index (χ0v) is 5.91. The molecule has 0 N–H and O–H groups in total. The van der Waals surface area contributed by atoms with Crippen molar-refractivity contribution in [3.05, 3.63) is 12.2 Å². The highest BCUT2D eigenvalue weighted by Crippen LogP contribution is 2.16. The Balaban J connectivity index is 2.55. The minimum atomic E-state index is 0.542. The molecule has 9 heavy (non-hydrogen) atoms. The molecule has 0 bridgehead atoms. The van der Waals surface area contributed by atoms with E-state index >= 15 is 0 Å². The average molecular weight is 120 g/mol. The van der Waals surface area contributed by atoms with Crippen molar-refractivity contribution in [1.82, 2.24) is 0 Å². The summed E-state index contributed by atoms with van der Waals surface area (Å²) in [5.41, 5.74) is 1.35. The van der Waals surface area contributed by atoms with Gasteiger partial charge in [0.05, 0.1) is 0 Å². The summed E-state index contributed by atoms with van der Waals surface area (Å²) in [6.07, 6.45) is 3.23. The van der Waals surface area contributed by atoms with Gasteiger partial charge in [-0.25, -0.2) is 0 Å². The molecule has 0 aromatic rings. The molecule has 1 atom stereocenters. The van der Waals surface area contributed by atoms with Crippen LogP contribution in [-0.4, -0.2) is 0 Å². The Morgan fingerprint density at radius 2 is 2.44 bits per heavy atom. The van der Waals surface area contributed by atoms with E-state index in [-0.39, 0.29) is 0 Å². The summed E-state index contributed by atoms with van der Waals surface area (Å²) in [6, 6.07) is 0. The zero-order chi connectivity index (χ0) is 6.69. The van der Waals surface area contributed by atoms with E-state index in [9.17, 15) is 0 Å². The predicted octanol–water partition coefficient (Wildman–Crippen LogP) is 2.37.